The number of nitrogens with two attached hydrogens (primary N) is 8. The number of aliphatic hydroxyl groups excluding tert-OH is 1. The lowest BCUT2D eigenvalue weighted by molar-refractivity contribution is -0.142. The molecule has 0 spiro atoms. The van der Waals surface area contributed by atoms with Gasteiger partial charge in [-0.05, 0) is 70.8 Å². The maximum Gasteiger partial charge on any atom is 0.326 e. The van der Waals surface area contributed by atoms with Crippen molar-refractivity contribution in [2.75, 3.05) is 26.2 Å². The summed E-state index contributed by atoms with van der Waals surface area (Å²) in [5, 5.41) is 33.1. The molecule has 58 heavy (non-hydrogen) atoms. The zero-order valence-electron chi connectivity index (χ0n) is 33.8. The summed E-state index contributed by atoms with van der Waals surface area (Å²) >= 11 is 0. The first-order valence-corrected chi connectivity index (χ1v) is 19.3. The van der Waals surface area contributed by atoms with Crippen LogP contribution >= 0.6 is 0 Å². The Labute approximate surface area is 338 Å². The van der Waals surface area contributed by atoms with Crippen LogP contribution in [0.25, 0.3) is 0 Å². The number of nitrogens with one attached hydrogen (secondary N) is 5. The summed E-state index contributed by atoms with van der Waals surface area (Å²) in [5.41, 5.74) is 43.8. The van der Waals surface area contributed by atoms with Gasteiger partial charge in [-0.2, -0.15) is 0 Å². The van der Waals surface area contributed by atoms with Crippen LogP contribution in [0.5, 0.6) is 0 Å². The molecule has 0 saturated carbocycles. The van der Waals surface area contributed by atoms with Crippen molar-refractivity contribution < 1.29 is 39.0 Å². The van der Waals surface area contributed by atoms with E-state index in [2.05, 4.69) is 41.6 Å². The summed E-state index contributed by atoms with van der Waals surface area (Å²) in [6.45, 7) is 5.39. The minimum atomic E-state index is -1.61. The number of carboxylic acid groups (broad SMARTS) is 1. The Hall–Kier alpha value is -5.49. The number of nitrogens with zero attached hydrogens (tertiary/aromatic N) is 3. The highest BCUT2D eigenvalue weighted by atomic mass is 16.4. The summed E-state index contributed by atoms with van der Waals surface area (Å²) in [7, 11) is 0. The van der Waals surface area contributed by atoms with Gasteiger partial charge in [-0.1, -0.05) is 26.7 Å². The molecule has 0 aromatic heterocycles. The average molecular weight is 829 g/mol. The summed E-state index contributed by atoms with van der Waals surface area (Å²) in [4.78, 5) is 91.1. The number of unbranched alkanes of at least 4 members (excludes halogenated alkanes) is 1. The Kier molecular flexibility index (Phi) is 26.1. The van der Waals surface area contributed by atoms with E-state index in [1.54, 1.807) is 13.8 Å². The molecule has 332 valence electrons. The predicted octanol–water partition coefficient (Wildman–Crippen LogP) is -5.46. The van der Waals surface area contributed by atoms with Gasteiger partial charge in [0.25, 0.3) is 0 Å². The summed E-state index contributed by atoms with van der Waals surface area (Å²) < 4.78 is 0. The van der Waals surface area contributed by atoms with Gasteiger partial charge in [-0.15, -0.1) is 0 Å². The average Bonchev–Trinajstić information content (AvgIpc) is 3.14. The number of aliphatic hydroxyl groups is 1. The van der Waals surface area contributed by atoms with Gasteiger partial charge in [0.2, 0.25) is 29.5 Å². The smallest absolute Gasteiger partial charge is 0.326 e. The van der Waals surface area contributed by atoms with Crippen LogP contribution in [0, 0.1) is 5.92 Å². The molecule has 0 heterocycles. The minimum Gasteiger partial charge on any atom is -0.480 e. The Balaban J connectivity index is 6.28. The predicted molar refractivity (Wildman–Crippen MR) is 219 cm³/mol. The number of carbonyl (C=O) groups is 6. The Bertz CT molecular complexity index is 1400. The first kappa shape index (κ1) is 52.5. The lowest BCUT2D eigenvalue weighted by Crippen LogP contribution is -2.62. The van der Waals surface area contributed by atoms with Gasteiger partial charge in [0.05, 0.1) is 12.1 Å². The van der Waals surface area contributed by atoms with Crippen LogP contribution in [0.4, 0.5) is 0 Å². The highest BCUT2D eigenvalue weighted by Gasteiger charge is 2.36. The van der Waals surface area contributed by atoms with Crippen LogP contribution in [-0.2, 0) is 28.8 Å². The maximum absolute atomic E-state index is 13.9. The van der Waals surface area contributed by atoms with E-state index < -0.39 is 83.8 Å². The van der Waals surface area contributed by atoms with Crippen molar-refractivity contribution in [1.82, 2.24) is 26.6 Å². The number of hydrogen-bond donors (Lipinski definition) is 15. The fourth-order valence-corrected chi connectivity index (χ4v) is 5.36. The lowest BCUT2D eigenvalue weighted by Gasteiger charge is -2.30. The fraction of sp³-hybridized carbons (Fsp3) is 0.735. The summed E-state index contributed by atoms with van der Waals surface area (Å²) in [5.74, 6) is -6.47. The normalized spacial score (nSPS) is 15.0. The van der Waals surface area contributed by atoms with Gasteiger partial charge in [-0.25, -0.2) is 4.79 Å². The number of carbonyl (C=O) groups excluding carboxylic acids is 5. The van der Waals surface area contributed by atoms with E-state index in [-0.39, 0.29) is 76.0 Å². The van der Waals surface area contributed by atoms with Gasteiger partial charge in [0.15, 0.2) is 17.9 Å². The zero-order valence-corrected chi connectivity index (χ0v) is 33.8. The van der Waals surface area contributed by atoms with Crippen molar-refractivity contribution in [1.29, 1.82) is 0 Å². The molecule has 0 aliphatic carbocycles. The second-order valence-corrected chi connectivity index (χ2v) is 13.9. The van der Waals surface area contributed by atoms with Gasteiger partial charge in [0.1, 0.15) is 30.2 Å². The van der Waals surface area contributed by atoms with E-state index >= 15 is 0 Å². The molecule has 0 radical (unpaired) electrons. The molecule has 5 amide bonds. The topological polar surface area (TPSA) is 448 Å². The lowest BCUT2D eigenvalue weighted by atomic mass is 9.96. The second kappa shape index (κ2) is 28.8. The van der Waals surface area contributed by atoms with Gasteiger partial charge < -0.3 is 82.7 Å². The molecule has 0 aromatic carbocycles. The Morgan fingerprint density at radius 3 is 1.36 bits per heavy atom. The number of aliphatic carboxylic acids is 1. The van der Waals surface area contributed by atoms with E-state index in [0.29, 0.717) is 32.2 Å². The number of aliphatic imine (C=N–C) groups is 3. The first-order valence-electron chi connectivity index (χ1n) is 19.3. The Morgan fingerprint density at radius 1 is 0.552 bits per heavy atom. The summed E-state index contributed by atoms with van der Waals surface area (Å²) in [6.07, 6.45) is 1.01. The molecule has 0 fully saturated rings. The second-order valence-electron chi connectivity index (χ2n) is 13.9. The molecule has 0 bridgehead atoms. The van der Waals surface area contributed by atoms with E-state index in [1.165, 1.54) is 6.92 Å². The fourth-order valence-electron chi connectivity index (χ4n) is 5.36. The van der Waals surface area contributed by atoms with Crippen LogP contribution in [0.1, 0.15) is 85.0 Å². The first-order chi connectivity index (χ1) is 27.2. The molecule has 0 rings (SSSR count). The monoisotopic (exact) mass is 829 g/mol. The van der Waals surface area contributed by atoms with Crippen molar-refractivity contribution in [2.45, 2.75) is 127 Å². The molecule has 0 unspecified atom stereocenters. The number of carboxylic acids is 1. The van der Waals surface area contributed by atoms with Crippen LogP contribution in [0.2, 0.25) is 0 Å². The molecule has 23 N–H and O–H groups in total. The molecule has 0 saturated heterocycles. The quantitative estimate of drug-likeness (QED) is 0.0182. The third-order valence-corrected chi connectivity index (χ3v) is 8.88. The van der Waals surface area contributed by atoms with Gasteiger partial charge in [-0.3, -0.25) is 38.9 Å². The van der Waals surface area contributed by atoms with Gasteiger partial charge in [0, 0.05) is 19.6 Å². The summed E-state index contributed by atoms with van der Waals surface area (Å²) in [6, 6.07) is -7.75. The van der Waals surface area contributed by atoms with Gasteiger partial charge >= 0.3 is 5.97 Å². The number of hydrogen-bond acceptors (Lipinski definition) is 12. The van der Waals surface area contributed by atoms with E-state index in [0.717, 1.165) is 0 Å². The molecule has 24 nitrogen and oxygen atoms in total. The third-order valence-electron chi connectivity index (χ3n) is 8.88. The number of rotatable bonds is 30. The van der Waals surface area contributed by atoms with E-state index in [9.17, 15) is 39.0 Å². The van der Waals surface area contributed by atoms with Crippen molar-refractivity contribution in [2.24, 2.45) is 66.8 Å². The van der Waals surface area contributed by atoms with Crippen LogP contribution in [0.3, 0.4) is 0 Å². The van der Waals surface area contributed by atoms with Crippen LogP contribution in [-0.4, -0.2) is 132 Å². The standard InChI is InChI=1S/C34H68N16O8/c1-4-18(2)24(29(55)47-21(11-7-15-43-32(37)38)27(53)48-23(31(57)58)13-9-17-45-34(41)42)49-30(56)25(19(3)51)50-28(54)22(12-8-16-44-33(39)40)46-26(52)20(36)10-5-6-14-35/h18-25,51H,4-17,35-36H2,1-3H3,(H,46,52)(H,47,55)(H,48,53)(H,49,56)(H,50,54)(H,57,58)(H4,37,38,43)(H4,39,40,44)(H4,41,42,45)/t18-,19+,20-,21-,22-,23-,24-,25-/m0/s1. The molecule has 0 aromatic rings. The molecule has 24 heteroatoms. The van der Waals surface area contributed by atoms with Crippen molar-refractivity contribution in [3.63, 3.8) is 0 Å². The van der Waals surface area contributed by atoms with E-state index in [1.807, 2.05) is 0 Å². The van der Waals surface area contributed by atoms with Crippen molar-refractivity contribution >= 4 is 53.4 Å². The molecule has 0 aliphatic heterocycles. The molecule has 8 atom stereocenters. The number of amides is 5. The maximum atomic E-state index is 13.9. The van der Waals surface area contributed by atoms with Crippen molar-refractivity contribution in [3.05, 3.63) is 0 Å². The van der Waals surface area contributed by atoms with E-state index in [4.69, 9.17) is 45.9 Å². The molecular weight excluding hydrogens is 760 g/mol. The SMILES string of the molecule is CC[C@H](C)[C@H](NC(=O)[C@@H](NC(=O)[C@H](CCCN=C(N)N)NC(=O)[C@@H](N)CCCCN)[C@@H](C)O)C(=O)N[C@@H](CCCN=C(N)N)C(=O)N[C@@H](CCCN=C(N)N)C(=O)O. The Morgan fingerprint density at radius 2 is 0.948 bits per heavy atom. The molecular formula is C34H68N16O8. The highest BCUT2D eigenvalue weighted by Crippen LogP contribution is 2.12. The zero-order chi connectivity index (χ0) is 44.4. The van der Waals surface area contributed by atoms with Crippen LogP contribution < -0.4 is 72.5 Å². The highest BCUT2D eigenvalue weighted by molar-refractivity contribution is 5.96. The number of guanidine groups is 3. The third kappa shape index (κ3) is 22.3. The minimum absolute atomic E-state index is 0.0293. The molecule has 0 aliphatic rings. The van der Waals surface area contributed by atoms with Crippen LogP contribution in [0.15, 0.2) is 15.0 Å². The largest absolute Gasteiger partial charge is 0.480 e. The van der Waals surface area contributed by atoms with Crippen molar-refractivity contribution in [3.8, 4) is 0 Å².